The summed E-state index contributed by atoms with van der Waals surface area (Å²) in [6.45, 7) is 10.8. The largest absolute Gasteiger partial charge is 0.493 e. The van der Waals surface area contributed by atoms with E-state index < -0.39 is 0 Å². The van der Waals surface area contributed by atoms with E-state index in [4.69, 9.17) is 14.2 Å². The zero-order valence-electron chi connectivity index (χ0n) is 17.3. The van der Waals surface area contributed by atoms with Gasteiger partial charge in [-0.1, -0.05) is 6.07 Å². The average molecular weight is 370 g/mol. The maximum atomic E-state index is 5.91. The first kappa shape index (κ1) is 20.6. The lowest BCUT2D eigenvalue weighted by Crippen LogP contribution is -2.11. The second kappa shape index (κ2) is 9.31. The minimum atomic E-state index is 0.158. The van der Waals surface area contributed by atoms with Gasteiger partial charge in [0.05, 0.1) is 32.6 Å². The van der Waals surface area contributed by atoms with Crippen molar-refractivity contribution in [2.45, 2.75) is 47.3 Å². The monoisotopic (exact) mass is 370 g/mol. The summed E-state index contributed by atoms with van der Waals surface area (Å²) in [5, 5.41) is 4.51. The molecular formula is C22H30N2O3. The highest BCUT2D eigenvalue weighted by Gasteiger charge is 2.10. The van der Waals surface area contributed by atoms with Crippen LogP contribution in [-0.4, -0.2) is 26.0 Å². The van der Waals surface area contributed by atoms with Crippen molar-refractivity contribution < 1.29 is 14.2 Å². The average Bonchev–Trinajstić information content (AvgIpc) is 2.64. The van der Waals surface area contributed by atoms with Crippen LogP contribution in [0.3, 0.4) is 0 Å². The maximum Gasteiger partial charge on any atom is 0.161 e. The van der Waals surface area contributed by atoms with E-state index in [0.29, 0.717) is 12.3 Å². The minimum Gasteiger partial charge on any atom is -0.493 e. The van der Waals surface area contributed by atoms with Crippen LogP contribution in [0.1, 0.15) is 43.0 Å². The predicted molar refractivity (Wildman–Crippen MR) is 110 cm³/mol. The van der Waals surface area contributed by atoms with Crippen molar-refractivity contribution in [3.8, 4) is 17.2 Å². The molecular weight excluding hydrogens is 340 g/mol. The summed E-state index contributed by atoms with van der Waals surface area (Å²) in [5.41, 5.74) is 8.45. The Bertz CT molecular complexity index is 790. The molecule has 0 atom stereocenters. The smallest absolute Gasteiger partial charge is 0.161 e. The lowest BCUT2D eigenvalue weighted by Gasteiger charge is -2.16. The number of benzene rings is 2. The number of hydrogen-bond acceptors (Lipinski definition) is 5. The minimum absolute atomic E-state index is 0.158. The summed E-state index contributed by atoms with van der Waals surface area (Å²) >= 11 is 0. The third-order valence-corrected chi connectivity index (χ3v) is 4.21. The number of rotatable bonds is 8. The van der Waals surface area contributed by atoms with Gasteiger partial charge in [0.25, 0.3) is 0 Å². The molecule has 0 saturated carbocycles. The van der Waals surface area contributed by atoms with Gasteiger partial charge < -0.3 is 19.6 Å². The van der Waals surface area contributed by atoms with Crippen LogP contribution < -0.4 is 19.6 Å². The van der Waals surface area contributed by atoms with Crippen LogP contribution in [0.2, 0.25) is 0 Å². The molecule has 146 valence electrons. The molecule has 0 aromatic heterocycles. The Hall–Kier alpha value is -2.69. The molecule has 1 N–H and O–H groups in total. The Morgan fingerprint density at radius 2 is 1.63 bits per heavy atom. The first-order valence-corrected chi connectivity index (χ1v) is 9.12. The SMILES string of the molecule is COc1ccc(CN/N=C(/C)c2cc(C)c(OC(C)C)c(C)c2)cc1OC. The van der Waals surface area contributed by atoms with Crippen molar-refractivity contribution in [1.82, 2.24) is 5.43 Å². The van der Waals surface area contributed by atoms with Crippen LogP contribution in [-0.2, 0) is 6.54 Å². The van der Waals surface area contributed by atoms with E-state index in [9.17, 15) is 0 Å². The van der Waals surface area contributed by atoms with Gasteiger partial charge in [-0.25, -0.2) is 0 Å². The zero-order valence-corrected chi connectivity index (χ0v) is 17.3. The molecule has 0 amide bonds. The van der Waals surface area contributed by atoms with Crippen molar-refractivity contribution in [2.24, 2.45) is 5.10 Å². The normalized spacial score (nSPS) is 11.5. The van der Waals surface area contributed by atoms with Crippen molar-refractivity contribution in [3.05, 3.63) is 52.6 Å². The molecule has 0 unspecified atom stereocenters. The molecule has 5 heteroatoms. The number of nitrogens with zero attached hydrogens (tertiary/aromatic N) is 1. The van der Waals surface area contributed by atoms with Crippen LogP contribution in [0.5, 0.6) is 17.2 Å². The first-order chi connectivity index (χ1) is 12.8. The summed E-state index contributed by atoms with van der Waals surface area (Å²) in [6.07, 6.45) is 0.158. The molecule has 0 radical (unpaired) electrons. The third kappa shape index (κ3) is 5.39. The fourth-order valence-electron chi connectivity index (χ4n) is 2.89. The van der Waals surface area contributed by atoms with Crippen LogP contribution in [0.15, 0.2) is 35.4 Å². The molecule has 0 heterocycles. The Balaban J connectivity index is 2.10. The highest BCUT2D eigenvalue weighted by atomic mass is 16.5. The molecule has 2 rings (SSSR count). The predicted octanol–water partition coefficient (Wildman–Crippen LogP) is 4.62. The van der Waals surface area contributed by atoms with Crippen LogP contribution in [0.25, 0.3) is 0 Å². The van der Waals surface area contributed by atoms with Crippen LogP contribution >= 0.6 is 0 Å². The summed E-state index contributed by atoms with van der Waals surface area (Å²) in [4.78, 5) is 0. The van der Waals surface area contributed by atoms with Gasteiger partial charge in [0, 0.05) is 0 Å². The van der Waals surface area contributed by atoms with Crippen molar-refractivity contribution in [1.29, 1.82) is 0 Å². The topological polar surface area (TPSA) is 52.1 Å². The molecule has 0 spiro atoms. The van der Waals surface area contributed by atoms with Gasteiger partial charge in [-0.15, -0.1) is 0 Å². The summed E-state index contributed by atoms with van der Waals surface area (Å²) in [5.74, 6) is 2.39. The number of hydrazone groups is 1. The highest BCUT2D eigenvalue weighted by Crippen LogP contribution is 2.28. The standard InChI is InChI=1S/C22H30N2O3/c1-14(2)27-22-15(3)10-19(11-16(22)4)17(5)24-23-13-18-8-9-20(25-6)21(12-18)26-7/h8-12,14,23H,13H2,1-7H3/b24-17-. The highest BCUT2D eigenvalue weighted by molar-refractivity contribution is 5.99. The van der Waals surface area contributed by atoms with Crippen molar-refractivity contribution in [3.63, 3.8) is 0 Å². The Labute approximate surface area is 162 Å². The fourth-order valence-corrected chi connectivity index (χ4v) is 2.89. The first-order valence-electron chi connectivity index (χ1n) is 9.12. The second-order valence-corrected chi connectivity index (χ2v) is 6.83. The van der Waals surface area contributed by atoms with Crippen molar-refractivity contribution >= 4 is 5.71 Å². The van der Waals surface area contributed by atoms with E-state index in [-0.39, 0.29) is 6.10 Å². The fraction of sp³-hybridized carbons (Fsp3) is 0.409. The van der Waals surface area contributed by atoms with Crippen LogP contribution in [0.4, 0.5) is 0 Å². The van der Waals surface area contributed by atoms with Gasteiger partial charge in [0.1, 0.15) is 5.75 Å². The number of methoxy groups -OCH3 is 2. The lowest BCUT2D eigenvalue weighted by molar-refractivity contribution is 0.239. The molecule has 2 aromatic carbocycles. The Morgan fingerprint density at radius 3 is 2.19 bits per heavy atom. The van der Waals surface area contributed by atoms with E-state index in [1.165, 1.54) is 0 Å². The van der Waals surface area contributed by atoms with Gasteiger partial charge in [0.2, 0.25) is 0 Å². The van der Waals surface area contributed by atoms with E-state index in [1.807, 2.05) is 39.0 Å². The third-order valence-electron chi connectivity index (χ3n) is 4.21. The lowest BCUT2D eigenvalue weighted by atomic mass is 10.0. The summed E-state index contributed by atoms with van der Waals surface area (Å²) in [6, 6.07) is 10.1. The maximum absolute atomic E-state index is 5.91. The number of nitrogens with one attached hydrogen (secondary N) is 1. The number of aryl methyl sites for hydroxylation is 2. The summed E-state index contributed by atoms with van der Waals surface area (Å²) in [7, 11) is 3.26. The summed E-state index contributed by atoms with van der Waals surface area (Å²) < 4.78 is 16.5. The van der Waals surface area contributed by atoms with Gasteiger partial charge >= 0.3 is 0 Å². The quantitative estimate of drug-likeness (QED) is 0.544. The molecule has 27 heavy (non-hydrogen) atoms. The molecule has 0 aliphatic rings. The molecule has 0 saturated heterocycles. The van der Waals surface area contributed by atoms with Gasteiger partial charge in [-0.2, -0.15) is 5.10 Å². The molecule has 0 aliphatic heterocycles. The van der Waals surface area contributed by atoms with Crippen molar-refractivity contribution in [2.75, 3.05) is 14.2 Å². The van der Waals surface area contributed by atoms with Gasteiger partial charge in [-0.3, -0.25) is 0 Å². The number of hydrogen-bond donors (Lipinski definition) is 1. The van der Waals surface area contributed by atoms with Gasteiger partial charge in [0.15, 0.2) is 11.5 Å². The van der Waals surface area contributed by atoms with E-state index in [0.717, 1.165) is 39.5 Å². The second-order valence-electron chi connectivity index (χ2n) is 6.83. The molecule has 2 aromatic rings. The Kier molecular flexibility index (Phi) is 7.11. The molecule has 0 aliphatic carbocycles. The van der Waals surface area contributed by atoms with E-state index >= 15 is 0 Å². The van der Waals surface area contributed by atoms with Gasteiger partial charge in [-0.05, 0) is 81.1 Å². The Morgan fingerprint density at radius 1 is 1.00 bits per heavy atom. The number of ether oxygens (including phenoxy) is 3. The van der Waals surface area contributed by atoms with E-state index in [2.05, 4.69) is 36.5 Å². The zero-order chi connectivity index (χ0) is 20.0. The van der Waals surface area contributed by atoms with Crippen LogP contribution in [0, 0.1) is 13.8 Å². The molecule has 0 bridgehead atoms. The molecule has 5 nitrogen and oxygen atoms in total. The van der Waals surface area contributed by atoms with E-state index in [1.54, 1.807) is 14.2 Å². The molecule has 0 fully saturated rings.